The summed E-state index contributed by atoms with van der Waals surface area (Å²) in [6.45, 7) is 0. The average Bonchev–Trinajstić information content (AvgIpc) is 3.57. The molecule has 1 amide bonds. The number of anilines is 2. The predicted molar refractivity (Wildman–Crippen MR) is 144 cm³/mol. The van der Waals surface area contributed by atoms with E-state index >= 15 is 0 Å². The zero-order valence-corrected chi connectivity index (χ0v) is 22.7. The molecule has 0 bridgehead atoms. The van der Waals surface area contributed by atoms with Crippen LogP contribution >= 0.6 is 0 Å². The summed E-state index contributed by atoms with van der Waals surface area (Å²) >= 11 is 0. The number of benzene rings is 2. The van der Waals surface area contributed by atoms with E-state index in [1.54, 1.807) is 0 Å². The minimum Gasteiger partial charge on any atom is -0.362 e. The monoisotopic (exact) mass is 579 g/mol. The molecule has 6 nitrogen and oxygen atoms in total. The number of para-hydroxylation sites is 1. The third-order valence-electron chi connectivity index (χ3n) is 8.14. The van der Waals surface area contributed by atoms with Crippen molar-refractivity contribution in [2.75, 3.05) is 24.3 Å². The fourth-order valence-corrected chi connectivity index (χ4v) is 5.89. The van der Waals surface area contributed by atoms with Crippen molar-refractivity contribution < 1.29 is 31.1 Å². The summed E-state index contributed by atoms with van der Waals surface area (Å²) in [7, 11) is 3.87. The Morgan fingerprint density at radius 3 is 2.12 bits per heavy atom. The predicted octanol–water partition coefficient (Wildman–Crippen LogP) is 7.06. The first-order valence-electron chi connectivity index (χ1n) is 13.6. The van der Waals surface area contributed by atoms with Crippen molar-refractivity contribution in [3.63, 3.8) is 0 Å². The molecule has 5 rings (SSSR count). The van der Waals surface area contributed by atoms with Gasteiger partial charge in [0.15, 0.2) is 0 Å². The molecule has 2 aromatic carbocycles. The molecule has 2 aliphatic rings. The molecule has 2 fully saturated rings. The van der Waals surface area contributed by atoms with Crippen LogP contribution in [0, 0.1) is 5.41 Å². The molecule has 3 aromatic rings. The summed E-state index contributed by atoms with van der Waals surface area (Å²) < 4.78 is 79.3. The van der Waals surface area contributed by atoms with Crippen molar-refractivity contribution in [3.05, 3.63) is 59.2 Å². The third kappa shape index (κ3) is 6.36. The number of aromatic nitrogens is 2. The molecular formula is C29H31F6N5O. The van der Waals surface area contributed by atoms with E-state index in [4.69, 9.17) is 9.97 Å². The number of carbonyl (C=O) groups excluding carboxylic acids is 1. The fourth-order valence-electron chi connectivity index (χ4n) is 5.89. The van der Waals surface area contributed by atoms with E-state index in [0.717, 1.165) is 48.8 Å². The Kier molecular flexibility index (Phi) is 7.54. The molecule has 2 N–H and O–H groups in total. The molecule has 2 saturated carbocycles. The van der Waals surface area contributed by atoms with Gasteiger partial charge in [-0.15, -0.1) is 0 Å². The van der Waals surface area contributed by atoms with Crippen LogP contribution in [0.5, 0.6) is 0 Å². The van der Waals surface area contributed by atoms with Gasteiger partial charge in [0.1, 0.15) is 5.82 Å². The quantitative estimate of drug-likeness (QED) is 0.317. The van der Waals surface area contributed by atoms with Gasteiger partial charge >= 0.3 is 12.4 Å². The van der Waals surface area contributed by atoms with Crippen LogP contribution in [-0.2, 0) is 12.4 Å². The largest absolute Gasteiger partial charge is 0.416 e. The second kappa shape index (κ2) is 10.7. The number of halogens is 6. The van der Waals surface area contributed by atoms with Crippen molar-refractivity contribution in [2.24, 2.45) is 5.41 Å². The highest BCUT2D eigenvalue weighted by Gasteiger charge is 2.53. The lowest BCUT2D eigenvalue weighted by Gasteiger charge is -2.26. The van der Waals surface area contributed by atoms with Crippen molar-refractivity contribution in [2.45, 2.75) is 69.4 Å². The van der Waals surface area contributed by atoms with Crippen molar-refractivity contribution in [1.82, 2.24) is 15.3 Å². The number of hydrogen-bond donors (Lipinski definition) is 2. The van der Waals surface area contributed by atoms with E-state index in [2.05, 4.69) is 10.6 Å². The van der Waals surface area contributed by atoms with Gasteiger partial charge in [-0.2, -0.15) is 31.3 Å². The molecule has 0 radical (unpaired) electrons. The Morgan fingerprint density at radius 2 is 1.54 bits per heavy atom. The van der Waals surface area contributed by atoms with Gasteiger partial charge in [-0.25, -0.2) is 4.98 Å². The normalized spacial score (nSPS) is 23.1. The number of nitrogens with one attached hydrogen (secondary N) is 2. The molecule has 1 aromatic heterocycles. The average molecular weight is 580 g/mol. The highest BCUT2D eigenvalue weighted by molar-refractivity contribution is 5.95. The number of hydrogen-bond acceptors (Lipinski definition) is 5. The fraction of sp³-hybridized carbons (Fsp3) is 0.483. The number of alkyl halides is 6. The second-order valence-electron chi connectivity index (χ2n) is 11.3. The molecule has 1 heterocycles. The highest BCUT2D eigenvalue weighted by Crippen LogP contribution is 2.56. The summed E-state index contributed by atoms with van der Waals surface area (Å²) in [6, 6.07) is 8.66. The lowest BCUT2D eigenvalue weighted by molar-refractivity contribution is -0.143. The summed E-state index contributed by atoms with van der Waals surface area (Å²) in [4.78, 5) is 24.1. The SMILES string of the molecule is CN(C)c1nc(NC2CC23CCCC(NC(=O)c2cc(C(F)(F)F)cc(C(F)(F)F)c2)CCC3)nc2ccccc12. The van der Waals surface area contributed by atoms with Crippen LogP contribution in [0.15, 0.2) is 42.5 Å². The van der Waals surface area contributed by atoms with Crippen LogP contribution in [0.2, 0.25) is 0 Å². The summed E-state index contributed by atoms with van der Waals surface area (Å²) in [5, 5.41) is 7.15. The lowest BCUT2D eigenvalue weighted by Crippen LogP contribution is -2.36. The van der Waals surface area contributed by atoms with Gasteiger partial charge in [0.05, 0.1) is 16.6 Å². The van der Waals surface area contributed by atoms with E-state index in [1.165, 1.54) is 0 Å². The number of nitrogens with zero attached hydrogens (tertiary/aromatic N) is 3. The van der Waals surface area contributed by atoms with Gasteiger partial charge in [0.25, 0.3) is 5.91 Å². The van der Waals surface area contributed by atoms with Crippen LogP contribution < -0.4 is 15.5 Å². The van der Waals surface area contributed by atoms with Gasteiger partial charge in [-0.05, 0) is 67.9 Å². The molecule has 12 heteroatoms. The maximum Gasteiger partial charge on any atom is 0.416 e. The van der Waals surface area contributed by atoms with Gasteiger partial charge in [0.2, 0.25) is 5.95 Å². The standard InChI is InChI=1S/C29H31F6N5O/c1-40(2)24-21-9-3-4-10-22(21)37-26(39-24)38-23-16-27(23)11-5-7-20(8-6-12-27)36-25(41)17-13-18(28(30,31)32)15-19(14-17)29(33,34)35/h3-4,9-10,13-15,20,23H,5-8,11-12,16H2,1-2H3,(H,36,41)(H,37,38,39). The van der Waals surface area contributed by atoms with Crippen molar-refractivity contribution >= 4 is 28.6 Å². The first-order valence-corrected chi connectivity index (χ1v) is 13.6. The summed E-state index contributed by atoms with van der Waals surface area (Å²) in [5.41, 5.74) is -2.73. The molecule has 1 atom stereocenters. The number of fused-ring (bicyclic) bond motifs is 1. The molecule has 0 saturated heterocycles. The van der Waals surface area contributed by atoms with Gasteiger partial charge in [0, 0.05) is 37.1 Å². The highest BCUT2D eigenvalue weighted by atomic mass is 19.4. The third-order valence-corrected chi connectivity index (χ3v) is 8.14. The van der Waals surface area contributed by atoms with Gasteiger partial charge in [-0.1, -0.05) is 25.0 Å². The lowest BCUT2D eigenvalue weighted by atomic mass is 9.86. The zero-order valence-electron chi connectivity index (χ0n) is 22.7. The smallest absolute Gasteiger partial charge is 0.362 e. The van der Waals surface area contributed by atoms with Crippen LogP contribution in [0.4, 0.5) is 38.1 Å². The maximum atomic E-state index is 13.2. The van der Waals surface area contributed by atoms with E-state index in [9.17, 15) is 31.1 Å². The maximum absolute atomic E-state index is 13.2. The van der Waals surface area contributed by atoms with Crippen molar-refractivity contribution in [3.8, 4) is 0 Å². The first kappa shape index (κ1) is 28.9. The molecule has 41 heavy (non-hydrogen) atoms. The zero-order chi connectivity index (χ0) is 29.6. The minimum atomic E-state index is -5.01. The van der Waals surface area contributed by atoms with Crippen LogP contribution in [0.25, 0.3) is 10.9 Å². The first-order chi connectivity index (χ1) is 19.2. The molecule has 0 aliphatic heterocycles. The molecule has 1 unspecified atom stereocenters. The molecule has 1 spiro atoms. The molecule has 220 valence electrons. The number of amides is 1. The Hall–Kier alpha value is -3.57. The number of rotatable bonds is 5. The molecular weight excluding hydrogens is 548 g/mol. The summed E-state index contributed by atoms with van der Waals surface area (Å²) in [6.07, 6.45) is -4.59. The summed E-state index contributed by atoms with van der Waals surface area (Å²) in [5.74, 6) is 0.464. The van der Waals surface area contributed by atoms with E-state index in [-0.39, 0.29) is 23.6 Å². The Balaban J connectivity index is 1.21. The van der Waals surface area contributed by atoms with Crippen molar-refractivity contribution in [1.29, 1.82) is 0 Å². The van der Waals surface area contributed by atoms with E-state index < -0.39 is 35.0 Å². The van der Waals surface area contributed by atoms with Gasteiger partial charge in [-0.3, -0.25) is 4.79 Å². The van der Waals surface area contributed by atoms with Crippen LogP contribution in [0.1, 0.15) is 66.4 Å². The Bertz CT molecular complexity index is 1400. The van der Waals surface area contributed by atoms with E-state index in [0.29, 0.717) is 30.9 Å². The van der Waals surface area contributed by atoms with E-state index in [1.807, 2.05) is 43.3 Å². The van der Waals surface area contributed by atoms with Crippen LogP contribution in [-0.4, -0.2) is 42.1 Å². The Labute approximate surface area is 233 Å². The second-order valence-corrected chi connectivity index (χ2v) is 11.3. The molecule has 2 aliphatic carbocycles. The number of carbonyl (C=O) groups is 1. The van der Waals surface area contributed by atoms with Crippen LogP contribution in [0.3, 0.4) is 0 Å². The van der Waals surface area contributed by atoms with Gasteiger partial charge < -0.3 is 15.5 Å². The Morgan fingerprint density at radius 1 is 0.927 bits per heavy atom. The topological polar surface area (TPSA) is 70.2 Å². The minimum absolute atomic E-state index is 0.0242.